The molecule has 0 unspecified atom stereocenters. The molecule has 0 spiro atoms. The molecule has 5 nitrogen and oxygen atoms in total. The van der Waals surface area contributed by atoms with Crippen LogP contribution in [0.5, 0.6) is 11.5 Å². The van der Waals surface area contributed by atoms with Gasteiger partial charge in [-0.3, -0.25) is 14.5 Å². The van der Waals surface area contributed by atoms with Crippen molar-refractivity contribution >= 4 is 39.8 Å². The van der Waals surface area contributed by atoms with Gasteiger partial charge >= 0.3 is 0 Å². The summed E-state index contributed by atoms with van der Waals surface area (Å²) in [4.78, 5) is 25.8. The summed E-state index contributed by atoms with van der Waals surface area (Å²) in [5.74, 6) is 3.22. The molecule has 2 amide bonds. The highest BCUT2D eigenvalue weighted by Crippen LogP contribution is 2.37. The van der Waals surface area contributed by atoms with Gasteiger partial charge in [0, 0.05) is 5.56 Å². The minimum atomic E-state index is -0.394. The zero-order valence-corrected chi connectivity index (χ0v) is 14.6. The van der Waals surface area contributed by atoms with E-state index in [4.69, 9.17) is 15.9 Å². The maximum Gasteiger partial charge on any atom is 0.294 e. The molecule has 0 bridgehead atoms. The van der Waals surface area contributed by atoms with Gasteiger partial charge in [-0.05, 0) is 46.8 Å². The summed E-state index contributed by atoms with van der Waals surface area (Å²) in [6.45, 7) is -0.0392. The number of thioether (sulfide) groups is 1. The van der Waals surface area contributed by atoms with Gasteiger partial charge in [-0.1, -0.05) is 18.1 Å². The van der Waals surface area contributed by atoms with Crippen LogP contribution in [-0.4, -0.2) is 36.8 Å². The summed E-state index contributed by atoms with van der Waals surface area (Å²) in [6, 6.07) is 9.41. The molecule has 25 heavy (non-hydrogen) atoms. The minimum absolute atomic E-state index is 0.0392. The third-order valence-corrected chi connectivity index (χ3v) is 4.76. The fourth-order valence-electron chi connectivity index (χ4n) is 2.61. The van der Waals surface area contributed by atoms with Gasteiger partial charge in [-0.25, -0.2) is 0 Å². The maximum atomic E-state index is 12.4. The van der Waals surface area contributed by atoms with Crippen molar-refractivity contribution in [2.45, 2.75) is 0 Å². The van der Waals surface area contributed by atoms with Gasteiger partial charge in [0.2, 0.25) is 0 Å². The molecule has 2 aromatic rings. The van der Waals surface area contributed by atoms with Crippen molar-refractivity contribution < 1.29 is 19.1 Å². The van der Waals surface area contributed by atoms with Crippen molar-refractivity contribution in [3.05, 3.63) is 40.8 Å². The topological polar surface area (TPSA) is 55.8 Å². The van der Waals surface area contributed by atoms with Gasteiger partial charge in [0.05, 0.1) is 25.7 Å². The standard InChI is InChI=1S/C19H15NO4S/c1-4-9-20-18(21)17(25-19(20)22)11-15-14-10-13(23-2)7-5-12(14)6-8-16(15)24-3/h1,5-8,10-11H,9H2,2-3H3. The highest BCUT2D eigenvalue weighted by atomic mass is 32.2. The Balaban J connectivity index is 2.16. The van der Waals surface area contributed by atoms with Crippen molar-refractivity contribution in [3.63, 3.8) is 0 Å². The lowest BCUT2D eigenvalue weighted by atomic mass is 10.0. The number of terminal acetylenes is 1. The van der Waals surface area contributed by atoms with Gasteiger partial charge in [-0.15, -0.1) is 6.42 Å². The lowest BCUT2D eigenvalue weighted by molar-refractivity contribution is -0.122. The first-order valence-corrected chi connectivity index (χ1v) is 8.24. The molecule has 0 aliphatic carbocycles. The van der Waals surface area contributed by atoms with Gasteiger partial charge < -0.3 is 9.47 Å². The molecule has 0 radical (unpaired) electrons. The Bertz CT molecular complexity index is 937. The van der Waals surface area contributed by atoms with Crippen molar-refractivity contribution in [3.8, 4) is 23.8 Å². The van der Waals surface area contributed by atoms with Crippen LogP contribution in [0.3, 0.4) is 0 Å². The first kappa shape index (κ1) is 16.9. The van der Waals surface area contributed by atoms with E-state index < -0.39 is 5.91 Å². The lowest BCUT2D eigenvalue weighted by Crippen LogP contribution is -2.28. The van der Waals surface area contributed by atoms with E-state index >= 15 is 0 Å². The molecule has 6 heteroatoms. The molecular formula is C19H15NO4S. The van der Waals surface area contributed by atoms with Gasteiger partial charge in [0.1, 0.15) is 11.5 Å². The molecule has 1 saturated heterocycles. The molecule has 3 rings (SSSR count). The zero-order chi connectivity index (χ0) is 18.0. The average molecular weight is 353 g/mol. The van der Waals surface area contributed by atoms with Gasteiger partial charge in [0.15, 0.2) is 0 Å². The summed E-state index contributed by atoms with van der Waals surface area (Å²) in [7, 11) is 3.15. The number of ether oxygens (including phenoxy) is 2. The zero-order valence-electron chi connectivity index (χ0n) is 13.7. The molecule has 1 heterocycles. The smallest absolute Gasteiger partial charge is 0.294 e. The summed E-state index contributed by atoms with van der Waals surface area (Å²) in [5, 5.41) is 1.46. The molecule has 2 aromatic carbocycles. The number of methoxy groups -OCH3 is 2. The van der Waals surface area contributed by atoms with Crippen LogP contribution in [0.4, 0.5) is 4.79 Å². The van der Waals surface area contributed by atoms with E-state index in [2.05, 4.69) is 5.92 Å². The van der Waals surface area contributed by atoms with Crippen molar-refractivity contribution in [1.82, 2.24) is 4.90 Å². The number of rotatable bonds is 4. The Morgan fingerprint density at radius 2 is 1.96 bits per heavy atom. The molecule has 0 atom stereocenters. The number of nitrogens with zero attached hydrogens (tertiary/aromatic N) is 1. The Morgan fingerprint density at radius 3 is 2.64 bits per heavy atom. The fourth-order valence-corrected chi connectivity index (χ4v) is 3.43. The molecule has 0 N–H and O–H groups in total. The molecule has 1 fully saturated rings. The predicted octanol–water partition coefficient (Wildman–Crippen LogP) is 3.53. The van der Waals surface area contributed by atoms with E-state index in [-0.39, 0.29) is 11.8 Å². The Kier molecular flexibility index (Phi) is 4.68. The molecule has 1 aliphatic rings. The number of hydrogen-bond acceptors (Lipinski definition) is 5. The van der Waals surface area contributed by atoms with Crippen LogP contribution in [0, 0.1) is 12.3 Å². The van der Waals surface area contributed by atoms with E-state index in [1.54, 1.807) is 20.3 Å². The van der Waals surface area contributed by atoms with Crippen molar-refractivity contribution in [1.29, 1.82) is 0 Å². The monoisotopic (exact) mass is 353 g/mol. The van der Waals surface area contributed by atoms with E-state index in [1.165, 1.54) is 0 Å². The fraction of sp³-hybridized carbons (Fsp3) is 0.158. The number of carbonyl (C=O) groups is 2. The Hall–Kier alpha value is -2.91. The van der Waals surface area contributed by atoms with E-state index in [9.17, 15) is 9.59 Å². The van der Waals surface area contributed by atoms with E-state index in [1.807, 2.05) is 30.3 Å². The van der Waals surface area contributed by atoms with Crippen LogP contribution in [0.1, 0.15) is 5.56 Å². The minimum Gasteiger partial charge on any atom is -0.497 e. The summed E-state index contributed by atoms with van der Waals surface area (Å²) >= 11 is 0.870. The normalized spacial score (nSPS) is 15.7. The Labute approximate surface area is 149 Å². The third-order valence-electron chi connectivity index (χ3n) is 3.85. The van der Waals surface area contributed by atoms with Crippen molar-refractivity contribution in [2.75, 3.05) is 20.8 Å². The second-order valence-electron chi connectivity index (χ2n) is 5.24. The van der Waals surface area contributed by atoms with Crippen LogP contribution in [0.2, 0.25) is 0 Å². The lowest BCUT2D eigenvalue weighted by Gasteiger charge is -2.11. The summed E-state index contributed by atoms with van der Waals surface area (Å²) in [5.41, 5.74) is 0.713. The van der Waals surface area contributed by atoms with Gasteiger partial charge in [0.25, 0.3) is 11.1 Å². The number of carbonyl (C=O) groups excluding carboxylic acids is 2. The van der Waals surface area contributed by atoms with E-state index in [0.29, 0.717) is 22.0 Å². The molecular weight excluding hydrogens is 338 g/mol. The molecule has 126 valence electrons. The predicted molar refractivity (Wildman–Crippen MR) is 98.6 cm³/mol. The highest BCUT2D eigenvalue weighted by Gasteiger charge is 2.34. The quantitative estimate of drug-likeness (QED) is 0.622. The maximum absolute atomic E-state index is 12.4. The van der Waals surface area contributed by atoms with Crippen molar-refractivity contribution in [2.24, 2.45) is 0 Å². The highest BCUT2D eigenvalue weighted by molar-refractivity contribution is 8.18. The van der Waals surface area contributed by atoms with Gasteiger partial charge in [-0.2, -0.15) is 0 Å². The summed E-state index contributed by atoms with van der Waals surface area (Å²) < 4.78 is 10.7. The SMILES string of the molecule is C#CCN1C(=O)SC(=Cc2c(OC)ccc3ccc(OC)cc23)C1=O. The second-order valence-corrected chi connectivity index (χ2v) is 6.23. The summed E-state index contributed by atoms with van der Waals surface area (Å²) in [6.07, 6.45) is 6.89. The number of imide groups is 1. The Morgan fingerprint density at radius 1 is 1.20 bits per heavy atom. The van der Waals surface area contributed by atoms with Crippen LogP contribution >= 0.6 is 11.8 Å². The number of benzene rings is 2. The third kappa shape index (κ3) is 3.06. The van der Waals surface area contributed by atoms with Crippen LogP contribution < -0.4 is 9.47 Å². The van der Waals surface area contributed by atoms with Crippen LogP contribution in [0.25, 0.3) is 16.8 Å². The number of hydrogen-bond donors (Lipinski definition) is 0. The largest absolute Gasteiger partial charge is 0.497 e. The number of fused-ring (bicyclic) bond motifs is 1. The first-order chi connectivity index (χ1) is 12.1. The van der Waals surface area contributed by atoms with Crippen LogP contribution in [-0.2, 0) is 4.79 Å². The molecule has 0 saturated carbocycles. The first-order valence-electron chi connectivity index (χ1n) is 7.42. The van der Waals surface area contributed by atoms with E-state index in [0.717, 1.165) is 27.4 Å². The average Bonchev–Trinajstić information content (AvgIpc) is 2.89. The molecule has 0 aromatic heterocycles. The molecule has 1 aliphatic heterocycles. The second kappa shape index (κ2) is 6.91. The van der Waals surface area contributed by atoms with Crippen LogP contribution in [0.15, 0.2) is 35.2 Å². The number of amides is 2.